The fourth-order valence-corrected chi connectivity index (χ4v) is 2.85. The quantitative estimate of drug-likeness (QED) is 0.861. The average Bonchev–Trinajstić information content (AvgIpc) is 2.30. The van der Waals surface area contributed by atoms with Crippen LogP contribution in [0.1, 0.15) is 30.4 Å². The Morgan fingerprint density at radius 2 is 1.88 bits per heavy atom. The van der Waals surface area contributed by atoms with E-state index in [2.05, 4.69) is 55.5 Å². The minimum absolute atomic E-state index is 0.162. The molecule has 94 valence electrons. The first-order valence-corrected chi connectivity index (χ1v) is 6.59. The number of aryl methyl sites for hydroxylation is 1. The molecule has 1 aliphatic heterocycles. The van der Waals surface area contributed by atoms with Gasteiger partial charge in [-0.25, -0.2) is 0 Å². The number of likely N-dealkylation sites (N-methyl/N-ethyl adjacent to an activating group) is 1. The summed E-state index contributed by atoms with van der Waals surface area (Å²) in [4.78, 5) is 2.29. The second-order valence-corrected chi connectivity index (χ2v) is 5.57. The second kappa shape index (κ2) is 5.19. The summed E-state index contributed by atoms with van der Waals surface area (Å²) in [5, 5.41) is 3.76. The van der Waals surface area contributed by atoms with Gasteiger partial charge in [0, 0.05) is 6.54 Å². The van der Waals surface area contributed by atoms with Crippen LogP contribution in [0.4, 0.5) is 0 Å². The molecule has 1 fully saturated rings. The highest BCUT2D eigenvalue weighted by atomic mass is 15.1. The summed E-state index contributed by atoms with van der Waals surface area (Å²) in [6, 6.07) is 9.03. The maximum atomic E-state index is 3.76. The molecule has 0 aliphatic carbocycles. The molecule has 1 atom stereocenters. The highest BCUT2D eigenvalue weighted by Crippen LogP contribution is 2.31. The van der Waals surface area contributed by atoms with Crippen molar-refractivity contribution >= 4 is 0 Å². The molecular formula is C15H24N2. The van der Waals surface area contributed by atoms with E-state index < -0.39 is 0 Å². The lowest BCUT2D eigenvalue weighted by Crippen LogP contribution is -2.52. The van der Waals surface area contributed by atoms with Gasteiger partial charge in [-0.3, -0.25) is 0 Å². The van der Waals surface area contributed by atoms with E-state index in [1.807, 2.05) is 0 Å². The molecule has 1 aromatic carbocycles. The van der Waals surface area contributed by atoms with E-state index in [0.29, 0.717) is 0 Å². The van der Waals surface area contributed by atoms with Gasteiger partial charge >= 0.3 is 0 Å². The molecular weight excluding hydrogens is 208 g/mol. The fourth-order valence-electron chi connectivity index (χ4n) is 2.85. The molecule has 1 aliphatic rings. The Bertz CT molecular complexity index is 348. The number of hydrogen-bond acceptors (Lipinski definition) is 2. The van der Waals surface area contributed by atoms with Crippen molar-refractivity contribution in [2.75, 3.05) is 27.2 Å². The predicted molar refractivity (Wildman–Crippen MR) is 73.3 cm³/mol. The van der Waals surface area contributed by atoms with Crippen LogP contribution >= 0.6 is 0 Å². The van der Waals surface area contributed by atoms with Crippen molar-refractivity contribution in [3.63, 3.8) is 0 Å². The molecule has 1 heterocycles. The Kier molecular flexibility index (Phi) is 3.85. The van der Waals surface area contributed by atoms with Gasteiger partial charge in [0.25, 0.3) is 0 Å². The van der Waals surface area contributed by atoms with Gasteiger partial charge in [0.1, 0.15) is 0 Å². The van der Waals surface area contributed by atoms with Crippen molar-refractivity contribution in [2.24, 2.45) is 0 Å². The third-order valence-electron chi connectivity index (χ3n) is 3.68. The fraction of sp³-hybridized carbons (Fsp3) is 0.600. The number of nitrogens with one attached hydrogen (secondary N) is 1. The summed E-state index contributed by atoms with van der Waals surface area (Å²) >= 11 is 0. The first-order valence-electron chi connectivity index (χ1n) is 6.59. The molecule has 2 nitrogen and oxygen atoms in total. The lowest BCUT2D eigenvalue weighted by molar-refractivity contribution is 0.190. The van der Waals surface area contributed by atoms with Crippen molar-refractivity contribution < 1.29 is 0 Å². The van der Waals surface area contributed by atoms with Crippen LogP contribution in [0.5, 0.6) is 0 Å². The molecule has 1 N–H and O–H groups in total. The molecule has 0 aromatic heterocycles. The summed E-state index contributed by atoms with van der Waals surface area (Å²) in [5.74, 6) is 0. The van der Waals surface area contributed by atoms with Crippen LogP contribution in [-0.2, 0) is 5.54 Å². The van der Waals surface area contributed by atoms with Gasteiger partial charge in [-0.05, 0) is 52.4 Å². The van der Waals surface area contributed by atoms with E-state index in [4.69, 9.17) is 0 Å². The van der Waals surface area contributed by atoms with Crippen molar-refractivity contribution in [1.82, 2.24) is 10.2 Å². The van der Waals surface area contributed by atoms with E-state index in [-0.39, 0.29) is 5.54 Å². The molecule has 17 heavy (non-hydrogen) atoms. The summed E-state index contributed by atoms with van der Waals surface area (Å²) in [5.41, 5.74) is 2.94. The maximum Gasteiger partial charge on any atom is 0.0563 e. The van der Waals surface area contributed by atoms with Crippen LogP contribution in [0.25, 0.3) is 0 Å². The van der Waals surface area contributed by atoms with E-state index in [9.17, 15) is 0 Å². The number of benzene rings is 1. The molecule has 2 rings (SSSR count). The Morgan fingerprint density at radius 3 is 2.41 bits per heavy atom. The van der Waals surface area contributed by atoms with Crippen LogP contribution in [0.2, 0.25) is 0 Å². The SMILES string of the molecule is Cc1ccc(C2(CN(C)C)CCCCN2)cc1. The molecule has 1 aromatic rings. The molecule has 0 bridgehead atoms. The molecule has 2 heteroatoms. The summed E-state index contributed by atoms with van der Waals surface area (Å²) in [6.07, 6.45) is 3.88. The number of rotatable bonds is 3. The standard InChI is InChI=1S/C15H24N2/c1-13-6-8-14(9-7-13)15(12-17(2)3)10-4-5-11-16-15/h6-9,16H,4-5,10-12H2,1-3H3. The molecule has 0 saturated carbocycles. The van der Waals surface area contributed by atoms with Gasteiger partial charge in [0.15, 0.2) is 0 Å². The van der Waals surface area contributed by atoms with Crippen LogP contribution in [0, 0.1) is 6.92 Å². The minimum atomic E-state index is 0.162. The topological polar surface area (TPSA) is 15.3 Å². The third-order valence-corrected chi connectivity index (χ3v) is 3.68. The largest absolute Gasteiger partial charge is 0.307 e. The van der Waals surface area contributed by atoms with Gasteiger partial charge in [0.05, 0.1) is 5.54 Å². The second-order valence-electron chi connectivity index (χ2n) is 5.57. The van der Waals surface area contributed by atoms with Gasteiger partial charge in [-0.15, -0.1) is 0 Å². The average molecular weight is 232 g/mol. The first-order chi connectivity index (χ1) is 8.12. The van der Waals surface area contributed by atoms with E-state index >= 15 is 0 Å². The molecule has 0 amide bonds. The van der Waals surface area contributed by atoms with E-state index in [1.165, 1.54) is 30.4 Å². The lowest BCUT2D eigenvalue weighted by Gasteiger charge is -2.41. The van der Waals surface area contributed by atoms with Crippen molar-refractivity contribution in [3.05, 3.63) is 35.4 Å². The highest BCUT2D eigenvalue weighted by molar-refractivity contribution is 5.29. The minimum Gasteiger partial charge on any atom is -0.307 e. The van der Waals surface area contributed by atoms with Crippen LogP contribution in [0.3, 0.4) is 0 Å². The molecule has 0 radical (unpaired) electrons. The van der Waals surface area contributed by atoms with Crippen molar-refractivity contribution in [1.29, 1.82) is 0 Å². The zero-order valence-electron chi connectivity index (χ0n) is 11.3. The van der Waals surface area contributed by atoms with Crippen LogP contribution < -0.4 is 5.32 Å². The number of nitrogens with zero attached hydrogens (tertiary/aromatic N) is 1. The normalized spacial score (nSPS) is 25.2. The number of piperidine rings is 1. The maximum absolute atomic E-state index is 3.76. The Morgan fingerprint density at radius 1 is 1.18 bits per heavy atom. The highest BCUT2D eigenvalue weighted by Gasteiger charge is 2.33. The smallest absolute Gasteiger partial charge is 0.0563 e. The van der Waals surface area contributed by atoms with Gasteiger partial charge in [-0.2, -0.15) is 0 Å². The zero-order valence-corrected chi connectivity index (χ0v) is 11.3. The van der Waals surface area contributed by atoms with Crippen LogP contribution in [-0.4, -0.2) is 32.1 Å². The summed E-state index contributed by atoms with van der Waals surface area (Å²) in [7, 11) is 4.32. The van der Waals surface area contributed by atoms with E-state index in [0.717, 1.165) is 13.1 Å². The van der Waals surface area contributed by atoms with Crippen LogP contribution in [0.15, 0.2) is 24.3 Å². The number of hydrogen-bond donors (Lipinski definition) is 1. The zero-order chi connectivity index (χ0) is 12.3. The Balaban J connectivity index is 2.28. The lowest BCUT2D eigenvalue weighted by atomic mass is 9.81. The van der Waals surface area contributed by atoms with Gasteiger partial charge in [-0.1, -0.05) is 29.8 Å². The Hall–Kier alpha value is -0.860. The summed E-state index contributed by atoms with van der Waals surface area (Å²) < 4.78 is 0. The molecule has 1 saturated heterocycles. The predicted octanol–water partition coefficient (Wildman–Crippen LogP) is 2.53. The molecule has 0 spiro atoms. The first kappa shape index (κ1) is 12.6. The monoisotopic (exact) mass is 232 g/mol. The van der Waals surface area contributed by atoms with E-state index in [1.54, 1.807) is 0 Å². The molecule has 1 unspecified atom stereocenters. The van der Waals surface area contributed by atoms with Gasteiger partial charge in [0.2, 0.25) is 0 Å². The Labute approximate surface area is 105 Å². The third kappa shape index (κ3) is 2.88. The van der Waals surface area contributed by atoms with Gasteiger partial charge < -0.3 is 10.2 Å². The van der Waals surface area contributed by atoms with Crippen molar-refractivity contribution in [3.8, 4) is 0 Å². The summed E-state index contributed by atoms with van der Waals surface area (Å²) in [6.45, 7) is 4.37. The van der Waals surface area contributed by atoms with Crippen molar-refractivity contribution in [2.45, 2.75) is 31.7 Å².